The van der Waals surface area contributed by atoms with Crippen LogP contribution in [0.2, 0.25) is 0 Å². The fourth-order valence-corrected chi connectivity index (χ4v) is 1.33. The SMILES string of the molecule is CC(C)CCCOc1ncccc1C(=O)O. The Morgan fingerprint density at radius 2 is 2.31 bits per heavy atom. The highest BCUT2D eigenvalue weighted by molar-refractivity contribution is 5.90. The predicted molar refractivity (Wildman–Crippen MR) is 60.8 cm³/mol. The number of carbonyl (C=O) groups is 1. The van der Waals surface area contributed by atoms with Crippen LogP contribution in [0.15, 0.2) is 18.3 Å². The molecule has 0 atom stereocenters. The zero-order chi connectivity index (χ0) is 12.0. The fraction of sp³-hybridized carbons (Fsp3) is 0.500. The minimum atomic E-state index is -1.01. The summed E-state index contributed by atoms with van der Waals surface area (Å²) in [5, 5.41) is 8.89. The minimum absolute atomic E-state index is 0.118. The maximum atomic E-state index is 10.8. The first-order valence-corrected chi connectivity index (χ1v) is 5.42. The van der Waals surface area contributed by atoms with Crippen molar-refractivity contribution in [3.05, 3.63) is 23.9 Å². The average molecular weight is 223 g/mol. The van der Waals surface area contributed by atoms with Gasteiger partial charge < -0.3 is 9.84 Å². The van der Waals surface area contributed by atoms with Crippen LogP contribution in [0.25, 0.3) is 0 Å². The molecular weight excluding hydrogens is 206 g/mol. The Bertz CT molecular complexity index is 350. The van der Waals surface area contributed by atoms with Crippen LogP contribution in [0.3, 0.4) is 0 Å². The van der Waals surface area contributed by atoms with E-state index in [2.05, 4.69) is 18.8 Å². The standard InChI is InChI=1S/C12H17NO3/c1-9(2)5-4-8-16-11-10(12(14)15)6-3-7-13-11/h3,6-7,9H,4-5,8H2,1-2H3,(H,14,15). The highest BCUT2D eigenvalue weighted by Crippen LogP contribution is 2.14. The summed E-state index contributed by atoms with van der Waals surface area (Å²) >= 11 is 0. The lowest BCUT2D eigenvalue weighted by Crippen LogP contribution is -2.06. The van der Waals surface area contributed by atoms with E-state index < -0.39 is 5.97 Å². The number of aromatic carboxylic acids is 1. The van der Waals surface area contributed by atoms with Gasteiger partial charge in [0.2, 0.25) is 5.88 Å². The van der Waals surface area contributed by atoms with Gasteiger partial charge in [-0.2, -0.15) is 0 Å². The third kappa shape index (κ3) is 3.88. The van der Waals surface area contributed by atoms with E-state index in [1.807, 2.05) is 0 Å². The minimum Gasteiger partial charge on any atom is -0.477 e. The highest BCUT2D eigenvalue weighted by Gasteiger charge is 2.11. The van der Waals surface area contributed by atoms with E-state index in [-0.39, 0.29) is 11.4 Å². The molecule has 16 heavy (non-hydrogen) atoms. The quantitative estimate of drug-likeness (QED) is 0.753. The van der Waals surface area contributed by atoms with Crippen LogP contribution in [0, 0.1) is 5.92 Å². The highest BCUT2D eigenvalue weighted by atomic mass is 16.5. The molecule has 0 unspecified atom stereocenters. The first-order valence-electron chi connectivity index (χ1n) is 5.42. The summed E-state index contributed by atoms with van der Waals surface area (Å²) in [6.07, 6.45) is 3.51. The Labute approximate surface area is 95.3 Å². The number of rotatable bonds is 6. The van der Waals surface area contributed by atoms with Gasteiger partial charge in [0.25, 0.3) is 0 Å². The Hall–Kier alpha value is -1.58. The molecule has 0 saturated carbocycles. The van der Waals surface area contributed by atoms with Crippen molar-refractivity contribution in [1.82, 2.24) is 4.98 Å². The summed E-state index contributed by atoms with van der Waals surface area (Å²) in [6.45, 7) is 4.79. The molecule has 0 aliphatic heterocycles. The number of ether oxygens (including phenoxy) is 1. The van der Waals surface area contributed by atoms with Crippen LogP contribution >= 0.6 is 0 Å². The number of pyridine rings is 1. The largest absolute Gasteiger partial charge is 0.477 e. The third-order valence-electron chi connectivity index (χ3n) is 2.17. The van der Waals surface area contributed by atoms with E-state index >= 15 is 0 Å². The molecular formula is C12H17NO3. The van der Waals surface area contributed by atoms with E-state index in [1.165, 1.54) is 12.3 Å². The number of carboxylic acid groups (broad SMARTS) is 1. The van der Waals surface area contributed by atoms with Gasteiger partial charge in [-0.15, -0.1) is 0 Å². The van der Waals surface area contributed by atoms with Crippen molar-refractivity contribution in [2.45, 2.75) is 26.7 Å². The molecule has 1 heterocycles. The number of nitrogens with zero attached hydrogens (tertiary/aromatic N) is 1. The van der Waals surface area contributed by atoms with E-state index in [0.717, 1.165) is 12.8 Å². The molecule has 0 aliphatic rings. The second-order valence-corrected chi connectivity index (χ2v) is 4.05. The van der Waals surface area contributed by atoms with Gasteiger partial charge in [0.15, 0.2) is 0 Å². The Morgan fingerprint density at radius 3 is 2.94 bits per heavy atom. The molecule has 0 amide bonds. The molecule has 0 spiro atoms. The molecule has 4 heteroatoms. The second-order valence-electron chi connectivity index (χ2n) is 4.05. The van der Waals surface area contributed by atoms with Crippen molar-refractivity contribution in [3.8, 4) is 5.88 Å². The summed E-state index contributed by atoms with van der Waals surface area (Å²) in [6, 6.07) is 3.08. The van der Waals surface area contributed by atoms with Gasteiger partial charge in [-0.3, -0.25) is 0 Å². The molecule has 0 fully saturated rings. The smallest absolute Gasteiger partial charge is 0.341 e. The number of carboxylic acids is 1. The van der Waals surface area contributed by atoms with Gasteiger partial charge in [0.1, 0.15) is 5.56 Å². The van der Waals surface area contributed by atoms with E-state index in [9.17, 15) is 4.79 Å². The molecule has 1 N–H and O–H groups in total. The van der Waals surface area contributed by atoms with Gasteiger partial charge in [0, 0.05) is 6.20 Å². The molecule has 4 nitrogen and oxygen atoms in total. The first-order chi connectivity index (χ1) is 7.61. The van der Waals surface area contributed by atoms with Crippen LogP contribution in [0.5, 0.6) is 5.88 Å². The molecule has 1 aromatic heterocycles. The van der Waals surface area contributed by atoms with Crippen LogP contribution in [0.1, 0.15) is 37.0 Å². The van der Waals surface area contributed by atoms with Crippen molar-refractivity contribution >= 4 is 5.97 Å². The molecule has 0 saturated heterocycles. The zero-order valence-corrected chi connectivity index (χ0v) is 9.64. The van der Waals surface area contributed by atoms with Crippen molar-refractivity contribution in [2.24, 2.45) is 5.92 Å². The number of aromatic nitrogens is 1. The summed E-state index contributed by atoms with van der Waals surface area (Å²) in [5.41, 5.74) is 0.118. The van der Waals surface area contributed by atoms with Crippen LogP contribution < -0.4 is 4.74 Å². The molecule has 88 valence electrons. The molecule has 1 rings (SSSR count). The molecule has 0 bridgehead atoms. The van der Waals surface area contributed by atoms with Crippen molar-refractivity contribution in [2.75, 3.05) is 6.61 Å². The lowest BCUT2D eigenvalue weighted by atomic mass is 10.1. The lowest BCUT2D eigenvalue weighted by molar-refractivity contribution is 0.0691. The van der Waals surface area contributed by atoms with Crippen molar-refractivity contribution < 1.29 is 14.6 Å². The number of hydrogen-bond acceptors (Lipinski definition) is 3. The average Bonchev–Trinajstić information content (AvgIpc) is 2.24. The fourth-order valence-electron chi connectivity index (χ4n) is 1.33. The maximum absolute atomic E-state index is 10.8. The molecule has 0 aromatic carbocycles. The van der Waals surface area contributed by atoms with Crippen LogP contribution in [-0.2, 0) is 0 Å². The van der Waals surface area contributed by atoms with Crippen LogP contribution in [0.4, 0.5) is 0 Å². The van der Waals surface area contributed by atoms with Gasteiger partial charge in [-0.25, -0.2) is 9.78 Å². The zero-order valence-electron chi connectivity index (χ0n) is 9.64. The summed E-state index contributed by atoms with van der Waals surface area (Å²) in [4.78, 5) is 14.8. The summed E-state index contributed by atoms with van der Waals surface area (Å²) < 4.78 is 5.36. The first kappa shape index (κ1) is 12.5. The van der Waals surface area contributed by atoms with E-state index in [4.69, 9.17) is 9.84 Å². The van der Waals surface area contributed by atoms with Gasteiger partial charge in [0.05, 0.1) is 6.61 Å². The third-order valence-corrected chi connectivity index (χ3v) is 2.17. The normalized spacial score (nSPS) is 10.4. The monoisotopic (exact) mass is 223 g/mol. The van der Waals surface area contributed by atoms with Gasteiger partial charge >= 0.3 is 5.97 Å². The summed E-state index contributed by atoms with van der Waals surface area (Å²) in [5.74, 6) is -0.169. The second kappa shape index (κ2) is 6.10. The van der Waals surface area contributed by atoms with E-state index in [1.54, 1.807) is 6.07 Å². The summed E-state index contributed by atoms with van der Waals surface area (Å²) in [7, 11) is 0. The Kier molecular flexibility index (Phi) is 4.76. The van der Waals surface area contributed by atoms with Gasteiger partial charge in [-0.1, -0.05) is 13.8 Å². The van der Waals surface area contributed by atoms with Crippen LogP contribution in [-0.4, -0.2) is 22.7 Å². The predicted octanol–water partition coefficient (Wildman–Crippen LogP) is 2.59. The maximum Gasteiger partial charge on any atom is 0.341 e. The number of hydrogen-bond donors (Lipinski definition) is 1. The Balaban J connectivity index is 2.50. The van der Waals surface area contributed by atoms with Crippen molar-refractivity contribution in [1.29, 1.82) is 0 Å². The van der Waals surface area contributed by atoms with E-state index in [0.29, 0.717) is 12.5 Å². The Morgan fingerprint density at radius 1 is 1.56 bits per heavy atom. The van der Waals surface area contributed by atoms with Gasteiger partial charge in [-0.05, 0) is 30.9 Å². The molecule has 0 aliphatic carbocycles. The molecule has 1 aromatic rings. The topological polar surface area (TPSA) is 59.4 Å². The molecule has 0 radical (unpaired) electrons. The lowest BCUT2D eigenvalue weighted by Gasteiger charge is -2.08. The van der Waals surface area contributed by atoms with Crippen molar-refractivity contribution in [3.63, 3.8) is 0 Å².